The molecule has 7 rings (SSSR count). The second-order valence-corrected chi connectivity index (χ2v) is 16.8. The minimum Gasteiger partial charge on any atom is -0.448 e. The number of furan rings is 1. The molecule has 7 aromatic rings. The van der Waals surface area contributed by atoms with Gasteiger partial charge in [0.25, 0.3) is 5.71 Å². The number of aromatic nitrogens is 2. The van der Waals surface area contributed by atoms with Crippen molar-refractivity contribution in [2.24, 2.45) is 5.41 Å². The zero-order valence-electron chi connectivity index (χ0n) is 33.2. The van der Waals surface area contributed by atoms with E-state index in [2.05, 4.69) is 89.1 Å². The van der Waals surface area contributed by atoms with Gasteiger partial charge in [0.05, 0.1) is 11.1 Å². The van der Waals surface area contributed by atoms with Gasteiger partial charge in [-0.1, -0.05) is 110 Å². The molecular weight excluding hydrogens is 889 g/mol. The van der Waals surface area contributed by atoms with Crippen LogP contribution in [-0.2, 0) is 37.4 Å². The van der Waals surface area contributed by atoms with E-state index in [-0.39, 0.29) is 43.2 Å². The van der Waals surface area contributed by atoms with Crippen LogP contribution in [0.1, 0.15) is 77.6 Å². The summed E-state index contributed by atoms with van der Waals surface area (Å²) < 4.78 is 61.2. The zero-order valence-corrected chi connectivity index (χ0v) is 35.6. The third kappa shape index (κ3) is 9.14. The minimum absolute atomic E-state index is 0. The van der Waals surface area contributed by atoms with Gasteiger partial charge in [0, 0.05) is 23.0 Å². The summed E-state index contributed by atoms with van der Waals surface area (Å²) in [6.45, 7) is 17.5. The Bertz CT molecular complexity index is 2430. The van der Waals surface area contributed by atoms with Crippen LogP contribution in [0.3, 0.4) is 0 Å². The van der Waals surface area contributed by atoms with E-state index in [0.717, 1.165) is 38.8 Å². The van der Waals surface area contributed by atoms with Gasteiger partial charge in [0.2, 0.25) is 0 Å². The first kappa shape index (κ1) is 42.5. The summed E-state index contributed by atoms with van der Waals surface area (Å²) in [5, 5.41) is 3.13. The van der Waals surface area contributed by atoms with E-state index >= 15 is 0 Å². The largest absolute Gasteiger partial charge is 3.00 e. The molecule has 0 amide bonds. The molecule has 4 aromatic carbocycles. The third-order valence-electron chi connectivity index (χ3n) is 9.95. The van der Waals surface area contributed by atoms with Crippen LogP contribution in [0.15, 0.2) is 108 Å². The zero-order chi connectivity index (χ0) is 39.9. The summed E-state index contributed by atoms with van der Waals surface area (Å²) in [4.78, 5) is 4.39. The number of benzene rings is 4. The third-order valence-corrected chi connectivity index (χ3v) is 9.95. The van der Waals surface area contributed by atoms with E-state index in [9.17, 15) is 17.6 Å². The van der Waals surface area contributed by atoms with E-state index in [1.54, 1.807) is 18.2 Å². The molecule has 0 saturated heterocycles. The van der Waals surface area contributed by atoms with Crippen molar-refractivity contribution in [3.8, 4) is 28.3 Å². The number of hydrogen-bond acceptors (Lipinski definition) is 2. The van der Waals surface area contributed by atoms with E-state index in [4.69, 9.17) is 4.42 Å². The number of fused-ring (bicyclic) bond motifs is 2. The molecule has 0 aliphatic heterocycles. The fourth-order valence-electron chi connectivity index (χ4n) is 6.48. The van der Waals surface area contributed by atoms with Crippen molar-refractivity contribution < 1.29 is 46.7 Å². The second-order valence-electron chi connectivity index (χ2n) is 16.8. The van der Waals surface area contributed by atoms with Gasteiger partial charge in [-0.3, -0.25) is 8.96 Å². The first-order chi connectivity index (χ1) is 25.7. The second kappa shape index (κ2) is 16.1. The first-order valence-electron chi connectivity index (χ1n) is 18.3. The minimum atomic E-state index is -4.27. The maximum absolute atomic E-state index is 13.4. The molecule has 0 aliphatic rings. The summed E-state index contributed by atoms with van der Waals surface area (Å²) in [6, 6.07) is 36.3. The van der Waals surface area contributed by atoms with Gasteiger partial charge >= 0.3 is 26.3 Å². The van der Waals surface area contributed by atoms with Crippen LogP contribution in [-0.4, -0.2) is 11.2 Å². The van der Waals surface area contributed by atoms with Gasteiger partial charge in [0.1, 0.15) is 5.76 Å². The summed E-state index contributed by atoms with van der Waals surface area (Å²) >= 11 is 0. The predicted octanol–water partition coefficient (Wildman–Crippen LogP) is 12.8. The average Bonchev–Trinajstić information content (AvgIpc) is 3.47. The molecule has 0 N–H and O–H groups in total. The van der Waals surface area contributed by atoms with Crippen molar-refractivity contribution in [2.75, 3.05) is 0 Å². The van der Waals surface area contributed by atoms with Crippen LogP contribution >= 0.6 is 0 Å². The predicted molar refractivity (Wildman–Crippen MR) is 213 cm³/mol. The molecule has 3 aromatic heterocycles. The van der Waals surface area contributed by atoms with E-state index in [1.165, 1.54) is 42.5 Å². The molecule has 0 saturated carbocycles. The fraction of sp³-hybridized carbons (Fsp3) is 0.292. The van der Waals surface area contributed by atoms with Crippen molar-refractivity contribution in [1.82, 2.24) is 4.98 Å². The van der Waals surface area contributed by atoms with Crippen LogP contribution < -0.4 is 4.57 Å². The van der Waals surface area contributed by atoms with Crippen molar-refractivity contribution in [3.05, 3.63) is 150 Å². The van der Waals surface area contributed by atoms with Gasteiger partial charge in [0.15, 0.2) is 6.20 Å². The molecule has 0 fully saturated rings. The van der Waals surface area contributed by atoms with Crippen LogP contribution in [0.2, 0.25) is 0 Å². The number of aryl methyl sites for hydroxylation is 1. The van der Waals surface area contributed by atoms with E-state index < -0.39 is 11.6 Å². The number of alkyl halides is 3. The Labute approximate surface area is 341 Å². The smallest absolute Gasteiger partial charge is 0.448 e. The van der Waals surface area contributed by atoms with E-state index in [1.807, 2.05) is 60.2 Å². The fourth-order valence-corrected chi connectivity index (χ4v) is 6.48. The standard InChI is InChI=1S/C33H31F3NO.C15H15FN.Ir/c1-21-26-12-9-17-37(25-18-24-10-7-8-11-27(24)28(19-25)31(2,3)4)30(26)38-29(21)23-15-13-22(14-16-23)20-32(5,6)33(34,35)36;1-15(2,3)12-6-9-14(17-10-12)11-4-7-13(16)8-5-11;/h7-16,19H,20H2,1-6H3;4,6-10H,1-3H3;/q2*-1;+3. The molecule has 0 unspecified atom stereocenters. The average molecular weight is 935 g/mol. The Morgan fingerprint density at radius 1 is 0.786 bits per heavy atom. The van der Waals surface area contributed by atoms with Crippen LogP contribution in [0.4, 0.5) is 17.6 Å². The molecule has 0 radical (unpaired) electrons. The summed E-state index contributed by atoms with van der Waals surface area (Å²) in [5.41, 5.74) is 6.14. The topological polar surface area (TPSA) is 29.9 Å². The number of pyridine rings is 2. The molecule has 0 aliphatic carbocycles. The van der Waals surface area contributed by atoms with Crippen LogP contribution in [0, 0.1) is 36.5 Å². The van der Waals surface area contributed by atoms with E-state index in [0.29, 0.717) is 17.0 Å². The molecule has 290 valence electrons. The maximum Gasteiger partial charge on any atom is 3.00 e. The summed E-state index contributed by atoms with van der Waals surface area (Å²) in [5.74, 6) is 0.409. The summed E-state index contributed by atoms with van der Waals surface area (Å²) in [7, 11) is 0. The monoisotopic (exact) mass is 935 g/mol. The Hall–Kier alpha value is -4.65. The Morgan fingerprint density at radius 3 is 2.07 bits per heavy atom. The normalized spacial score (nSPS) is 12.3. The molecule has 3 nitrogen and oxygen atoms in total. The van der Waals surface area contributed by atoms with Crippen LogP contribution in [0.25, 0.3) is 50.1 Å². The first-order valence-corrected chi connectivity index (χ1v) is 18.3. The molecule has 0 bridgehead atoms. The van der Waals surface area contributed by atoms with Gasteiger partial charge in [-0.2, -0.15) is 13.2 Å². The SMILES string of the molecule is CC(C)(C)c1ccc(-c2[c-]cc(F)cc2)nc1.Cc1c(-c2ccc(CC(C)(C)C(F)(F)F)cc2)oc2c1cc[c-][n+]2-c1[c-]c2ccccc2c(C(C)(C)C)c1.[Ir+3]. The van der Waals surface area contributed by atoms with Gasteiger partial charge in [-0.25, -0.2) is 0 Å². The number of hydrogen-bond donors (Lipinski definition) is 0. The van der Waals surface area contributed by atoms with Gasteiger partial charge in [-0.05, 0) is 46.6 Å². The number of nitrogens with zero attached hydrogens (tertiary/aromatic N) is 2. The van der Waals surface area contributed by atoms with Crippen molar-refractivity contribution in [1.29, 1.82) is 0 Å². The number of rotatable bonds is 5. The maximum atomic E-state index is 13.4. The summed E-state index contributed by atoms with van der Waals surface area (Å²) in [6.07, 6.45) is 0.814. The molecule has 8 heteroatoms. The quantitative estimate of drug-likeness (QED) is 0.0978. The molecule has 56 heavy (non-hydrogen) atoms. The molecule has 0 atom stereocenters. The Morgan fingerprint density at radius 2 is 1.48 bits per heavy atom. The van der Waals surface area contributed by atoms with Gasteiger partial charge < -0.3 is 9.40 Å². The van der Waals surface area contributed by atoms with Gasteiger partial charge in [-0.15, -0.1) is 76.5 Å². The van der Waals surface area contributed by atoms with Crippen molar-refractivity contribution in [3.63, 3.8) is 0 Å². The van der Waals surface area contributed by atoms with Crippen molar-refractivity contribution in [2.45, 2.75) is 85.7 Å². The Kier molecular flexibility index (Phi) is 12.2. The van der Waals surface area contributed by atoms with Crippen LogP contribution in [0.5, 0.6) is 0 Å². The van der Waals surface area contributed by atoms with Crippen molar-refractivity contribution >= 4 is 21.9 Å². The molecule has 3 heterocycles. The molecular formula is C48H46F4IrN2O+. The molecule has 0 spiro atoms. The number of halogens is 4. The Balaban J connectivity index is 0.000000279.